The number of piperidine rings is 1. The highest BCUT2D eigenvalue weighted by Gasteiger charge is 2.72. The molecule has 1 N–H and O–H groups in total. The zero-order valence-corrected chi connectivity index (χ0v) is 9.94. The van der Waals surface area contributed by atoms with Gasteiger partial charge in [-0.2, -0.15) is 5.26 Å². The third-order valence-electron chi connectivity index (χ3n) is 3.72. The summed E-state index contributed by atoms with van der Waals surface area (Å²) in [5.74, 6) is 0.187. The lowest BCUT2D eigenvalue weighted by atomic mass is 10.0. The van der Waals surface area contributed by atoms with Gasteiger partial charge in [0.05, 0.1) is 6.07 Å². The summed E-state index contributed by atoms with van der Waals surface area (Å²) in [6.07, 6.45) is -0.905. The Hall–Kier alpha value is -1.68. The number of aryl methyl sites for hydroxylation is 1. The van der Waals surface area contributed by atoms with Gasteiger partial charge in [-0.3, -0.25) is 0 Å². The average Bonchev–Trinajstić information content (AvgIpc) is 2.72. The van der Waals surface area contributed by atoms with Crippen LogP contribution >= 0.6 is 11.3 Å². The first-order valence-electron chi connectivity index (χ1n) is 5.29. The summed E-state index contributed by atoms with van der Waals surface area (Å²) in [6.45, 7) is 2.73. The van der Waals surface area contributed by atoms with Crippen molar-refractivity contribution >= 4 is 17.4 Å². The Morgan fingerprint density at radius 3 is 2.65 bits per heavy atom. The van der Waals surface area contributed by atoms with Crippen molar-refractivity contribution in [1.29, 1.82) is 5.26 Å². The lowest BCUT2D eigenvalue weighted by molar-refractivity contribution is 0.148. The van der Waals surface area contributed by atoms with E-state index in [0.29, 0.717) is 13.1 Å². The number of nitriles is 1. The molecule has 1 aliphatic heterocycles. The lowest BCUT2D eigenvalue weighted by Gasteiger charge is -2.18. The van der Waals surface area contributed by atoms with Crippen LogP contribution in [0.3, 0.4) is 0 Å². The Bertz CT molecular complexity index is 523. The summed E-state index contributed by atoms with van der Waals surface area (Å²) in [6, 6.07) is 2.33. The van der Waals surface area contributed by atoms with Crippen molar-refractivity contribution in [3.63, 3.8) is 0 Å². The highest BCUT2D eigenvalue weighted by Crippen LogP contribution is 2.63. The summed E-state index contributed by atoms with van der Waals surface area (Å²) in [7, 11) is 0. The molecule has 1 saturated heterocycles. The second kappa shape index (κ2) is 3.17. The Labute approximate surface area is 101 Å². The van der Waals surface area contributed by atoms with Gasteiger partial charge in [-0.05, 0) is 6.92 Å². The second-order valence-electron chi connectivity index (χ2n) is 4.51. The van der Waals surface area contributed by atoms with Gasteiger partial charge in [0, 0.05) is 24.9 Å². The van der Waals surface area contributed by atoms with Gasteiger partial charge in [0.15, 0.2) is 0 Å². The Balaban J connectivity index is 1.87. The number of nitrogens with zero attached hydrogens (tertiary/aromatic N) is 4. The van der Waals surface area contributed by atoms with Crippen LogP contribution in [0.1, 0.15) is 10.0 Å². The standard InChI is InChI=1S/C10H10N4O2S/c1-5-12-13-8(17-5)10(4-11)6-2-14(9(15)16)3-7(6)10/h6-7H,2-3H2,1H3,(H,15,16)/t6-,7+,10?. The van der Waals surface area contributed by atoms with E-state index in [1.165, 1.54) is 16.2 Å². The minimum Gasteiger partial charge on any atom is -0.465 e. The molecule has 17 heavy (non-hydrogen) atoms. The zero-order chi connectivity index (χ0) is 12.2. The van der Waals surface area contributed by atoms with Crippen LogP contribution in [0.2, 0.25) is 0 Å². The van der Waals surface area contributed by atoms with E-state index < -0.39 is 11.5 Å². The van der Waals surface area contributed by atoms with E-state index in [0.717, 1.165) is 10.0 Å². The molecule has 2 heterocycles. The first-order chi connectivity index (χ1) is 8.09. The van der Waals surface area contributed by atoms with Gasteiger partial charge in [0.25, 0.3) is 0 Å². The van der Waals surface area contributed by atoms with Crippen molar-refractivity contribution in [1.82, 2.24) is 15.1 Å². The quantitative estimate of drug-likeness (QED) is 0.797. The molecule has 6 nitrogen and oxygen atoms in total. The van der Waals surface area contributed by atoms with Crippen LogP contribution in [0.4, 0.5) is 4.79 Å². The molecule has 0 spiro atoms. The van der Waals surface area contributed by atoms with Crippen LogP contribution in [0, 0.1) is 30.1 Å². The third-order valence-corrected chi connectivity index (χ3v) is 4.71. The van der Waals surface area contributed by atoms with Crippen LogP contribution in [0.5, 0.6) is 0 Å². The maximum atomic E-state index is 10.8. The fourth-order valence-electron chi connectivity index (χ4n) is 2.78. The van der Waals surface area contributed by atoms with Crippen LogP contribution in [0.15, 0.2) is 0 Å². The van der Waals surface area contributed by atoms with E-state index in [1.807, 2.05) is 6.92 Å². The van der Waals surface area contributed by atoms with Gasteiger partial charge in [-0.1, -0.05) is 0 Å². The van der Waals surface area contributed by atoms with Crippen molar-refractivity contribution < 1.29 is 9.90 Å². The molecule has 0 bridgehead atoms. The molecule has 3 rings (SSSR count). The summed E-state index contributed by atoms with van der Waals surface area (Å²) in [5.41, 5.74) is -0.572. The molecule has 7 heteroatoms. The molecule has 2 fully saturated rings. The number of likely N-dealkylation sites (tertiary alicyclic amines) is 1. The first-order valence-corrected chi connectivity index (χ1v) is 6.11. The van der Waals surface area contributed by atoms with Crippen molar-refractivity contribution in [2.45, 2.75) is 12.3 Å². The van der Waals surface area contributed by atoms with Crippen molar-refractivity contribution in [2.75, 3.05) is 13.1 Å². The van der Waals surface area contributed by atoms with Crippen molar-refractivity contribution in [3.8, 4) is 6.07 Å². The monoisotopic (exact) mass is 250 g/mol. The van der Waals surface area contributed by atoms with Gasteiger partial charge in [-0.25, -0.2) is 4.79 Å². The Kier molecular flexibility index (Phi) is 1.95. The number of hydrogen-bond acceptors (Lipinski definition) is 5. The van der Waals surface area contributed by atoms with Gasteiger partial charge in [0.2, 0.25) is 0 Å². The predicted molar refractivity (Wildman–Crippen MR) is 58.5 cm³/mol. The average molecular weight is 250 g/mol. The number of amides is 1. The number of fused-ring (bicyclic) bond motifs is 1. The largest absolute Gasteiger partial charge is 0.465 e. The predicted octanol–water partition coefficient (Wildman–Crippen LogP) is 0.848. The molecule has 1 amide bonds. The topological polar surface area (TPSA) is 90.1 Å². The third kappa shape index (κ3) is 1.21. The van der Waals surface area contributed by atoms with Gasteiger partial charge in [0.1, 0.15) is 15.4 Å². The smallest absolute Gasteiger partial charge is 0.407 e. The fourth-order valence-corrected chi connectivity index (χ4v) is 3.74. The van der Waals surface area contributed by atoms with Crippen LogP contribution < -0.4 is 0 Å². The summed E-state index contributed by atoms with van der Waals surface area (Å²) < 4.78 is 0. The maximum Gasteiger partial charge on any atom is 0.407 e. The molecule has 1 aromatic rings. The summed E-state index contributed by atoms with van der Waals surface area (Å²) in [4.78, 5) is 12.2. The maximum absolute atomic E-state index is 10.8. The van der Waals surface area contributed by atoms with Crippen LogP contribution in [-0.2, 0) is 5.41 Å². The molecule has 3 atom stereocenters. The second-order valence-corrected chi connectivity index (χ2v) is 5.69. The van der Waals surface area contributed by atoms with Gasteiger partial charge in [-0.15, -0.1) is 21.5 Å². The number of rotatable bonds is 1. The highest BCUT2D eigenvalue weighted by atomic mass is 32.1. The van der Waals surface area contributed by atoms with Gasteiger partial charge >= 0.3 is 6.09 Å². The van der Waals surface area contributed by atoms with Crippen molar-refractivity contribution in [2.24, 2.45) is 11.8 Å². The molecule has 1 aromatic heterocycles. The molecule has 0 aromatic carbocycles. The molecule has 2 aliphatic rings. The number of aromatic nitrogens is 2. The van der Waals surface area contributed by atoms with E-state index in [1.54, 1.807) is 0 Å². The molecular formula is C10H10N4O2S. The normalized spacial score (nSPS) is 34.2. The summed E-state index contributed by atoms with van der Waals surface area (Å²) >= 11 is 1.44. The molecule has 0 radical (unpaired) electrons. The van der Waals surface area contributed by atoms with E-state index in [4.69, 9.17) is 5.11 Å². The van der Waals surface area contributed by atoms with E-state index in [9.17, 15) is 10.1 Å². The van der Waals surface area contributed by atoms with Crippen molar-refractivity contribution in [3.05, 3.63) is 10.0 Å². The molecule has 1 unspecified atom stereocenters. The fraction of sp³-hybridized carbons (Fsp3) is 0.600. The van der Waals surface area contributed by atoms with E-state index in [-0.39, 0.29) is 11.8 Å². The van der Waals surface area contributed by atoms with E-state index >= 15 is 0 Å². The zero-order valence-electron chi connectivity index (χ0n) is 9.12. The molecule has 88 valence electrons. The molecule has 1 saturated carbocycles. The SMILES string of the molecule is Cc1nnc(C2(C#N)[C@@H]3CN(C(=O)O)C[C@@H]32)s1. The minimum atomic E-state index is -0.905. The number of carboxylic acid groups (broad SMARTS) is 1. The molecule has 1 aliphatic carbocycles. The van der Waals surface area contributed by atoms with Crippen LogP contribution in [0.25, 0.3) is 0 Å². The van der Waals surface area contributed by atoms with E-state index in [2.05, 4.69) is 16.3 Å². The Morgan fingerprint density at radius 1 is 1.59 bits per heavy atom. The summed E-state index contributed by atoms with van der Waals surface area (Å²) in [5, 5.41) is 27.8. The lowest BCUT2D eigenvalue weighted by Crippen LogP contribution is -2.33. The first kappa shape index (κ1) is 10.5. The minimum absolute atomic E-state index is 0.0935. The number of hydrogen-bond donors (Lipinski definition) is 1. The Morgan fingerprint density at radius 2 is 2.24 bits per heavy atom. The number of carbonyl (C=O) groups is 1. The highest BCUT2D eigenvalue weighted by molar-refractivity contribution is 7.11. The molecular weight excluding hydrogens is 240 g/mol. The van der Waals surface area contributed by atoms with Gasteiger partial charge < -0.3 is 10.0 Å². The van der Waals surface area contributed by atoms with Crippen LogP contribution in [-0.4, -0.2) is 39.4 Å².